The molecular formula is C32H50N4O. The number of aliphatic imine (C=N–C) groups is 1. The molecule has 0 radical (unpaired) electrons. The van der Waals surface area contributed by atoms with E-state index in [1.807, 2.05) is 59.9 Å². The van der Waals surface area contributed by atoms with Crippen LogP contribution in [0.5, 0.6) is 5.75 Å². The Morgan fingerprint density at radius 1 is 1.11 bits per heavy atom. The van der Waals surface area contributed by atoms with E-state index in [2.05, 4.69) is 71.8 Å². The number of hydrogen-bond acceptors (Lipinski definition) is 4. The second-order valence-corrected chi connectivity index (χ2v) is 7.95. The maximum absolute atomic E-state index is 5.65. The van der Waals surface area contributed by atoms with Crippen molar-refractivity contribution >= 4 is 22.8 Å². The molecule has 0 unspecified atom stereocenters. The molecule has 1 aromatic carbocycles. The summed E-state index contributed by atoms with van der Waals surface area (Å²) in [5.74, 6) is 1.57. The third-order valence-corrected chi connectivity index (χ3v) is 5.34. The van der Waals surface area contributed by atoms with E-state index >= 15 is 0 Å². The number of hydrogen-bond donors (Lipinski definition) is 1. The number of nitrogens with zero attached hydrogens (tertiary/aromatic N) is 3. The summed E-state index contributed by atoms with van der Waals surface area (Å²) in [6, 6.07) is 8.29. The Labute approximate surface area is 227 Å². The quantitative estimate of drug-likeness (QED) is 0.188. The minimum absolute atomic E-state index is 0.770. The minimum atomic E-state index is 0.770. The van der Waals surface area contributed by atoms with Gasteiger partial charge in [0, 0.05) is 43.4 Å². The van der Waals surface area contributed by atoms with Gasteiger partial charge in [-0.25, -0.2) is 4.99 Å². The molecule has 0 atom stereocenters. The number of ether oxygens (including phenoxy) is 1. The summed E-state index contributed by atoms with van der Waals surface area (Å²) in [6.45, 7) is 24.7. The molecule has 5 nitrogen and oxygen atoms in total. The van der Waals surface area contributed by atoms with Gasteiger partial charge in [0.25, 0.3) is 0 Å². The van der Waals surface area contributed by atoms with E-state index in [4.69, 9.17) is 4.74 Å². The summed E-state index contributed by atoms with van der Waals surface area (Å²) in [7, 11) is 1.70. The molecule has 0 amide bonds. The topological polar surface area (TPSA) is 49.8 Å². The molecule has 0 bridgehead atoms. The lowest BCUT2D eigenvalue weighted by Gasteiger charge is -2.25. The van der Waals surface area contributed by atoms with Gasteiger partial charge in [-0.15, -0.1) is 0 Å². The molecule has 37 heavy (non-hydrogen) atoms. The van der Waals surface area contributed by atoms with Crippen LogP contribution in [-0.4, -0.2) is 31.0 Å². The van der Waals surface area contributed by atoms with Crippen LogP contribution in [0.4, 0.5) is 11.4 Å². The van der Waals surface area contributed by atoms with Gasteiger partial charge in [-0.2, -0.15) is 0 Å². The van der Waals surface area contributed by atoms with Gasteiger partial charge in [0.05, 0.1) is 12.8 Å². The Morgan fingerprint density at radius 2 is 1.76 bits per heavy atom. The molecule has 0 fully saturated rings. The van der Waals surface area contributed by atoms with Crippen molar-refractivity contribution in [2.75, 3.05) is 30.4 Å². The average Bonchev–Trinajstić information content (AvgIpc) is 2.92. The Kier molecular flexibility index (Phi) is 18.0. The molecular weight excluding hydrogens is 456 g/mol. The monoisotopic (exact) mass is 506 g/mol. The van der Waals surface area contributed by atoms with E-state index in [-0.39, 0.29) is 0 Å². The lowest BCUT2D eigenvalue weighted by atomic mass is 9.96. The molecule has 0 aliphatic heterocycles. The summed E-state index contributed by atoms with van der Waals surface area (Å²) in [6.07, 6.45) is 11.7. The molecule has 5 heteroatoms. The Balaban J connectivity index is 0.00000308. The number of anilines is 2. The van der Waals surface area contributed by atoms with Crippen molar-refractivity contribution in [3.05, 3.63) is 78.3 Å². The number of rotatable bonds is 11. The first-order valence-electron chi connectivity index (χ1n) is 13.6. The van der Waals surface area contributed by atoms with Crippen molar-refractivity contribution in [3.63, 3.8) is 0 Å². The van der Waals surface area contributed by atoms with Crippen LogP contribution in [0.3, 0.4) is 0 Å². The predicted molar refractivity (Wildman–Crippen MR) is 166 cm³/mol. The zero-order valence-corrected chi connectivity index (χ0v) is 25.0. The van der Waals surface area contributed by atoms with Gasteiger partial charge in [-0.1, -0.05) is 54.2 Å². The second kappa shape index (κ2) is 19.8. The van der Waals surface area contributed by atoms with Crippen molar-refractivity contribution in [3.8, 4) is 5.75 Å². The number of methoxy groups -OCH3 is 1. The summed E-state index contributed by atoms with van der Waals surface area (Å²) < 4.78 is 5.65. The molecule has 2 rings (SSSR count). The SMILES string of the molecule is C=C(/C=C\N=C(C)Nc1ccc(N(CCC)CCC)cc1OC)/C(=C/C)c1ccncc1C.CC.CC. The fourth-order valence-electron chi connectivity index (χ4n) is 3.74. The maximum Gasteiger partial charge on any atom is 0.144 e. The van der Waals surface area contributed by atoms with Crippen LogP contribution in [0, 0.1) is 6.92 Å². The van der Waals surface area contributed by atoms with Gasteiger partial charge >= 0.3 is 0 Å². The lowest BCUT2D eigenvalue weighted by Crippen LogP contribution is -2.24. The summed E-state index contributed by atoms with van der Waals surface area (Å²) in [5.41, 5.74) is 6.30. The number of amidine groups is 1. The van der Waals surface area contributed by atoms with Crippen LogP contribution in [0.25, 0.3) is 5.57 Å². The first kappa shape index (κ1) is 33.7. The normalized spacial score (nSPS) is 11.2. The van der Waals surface area contributed by atoms with Gasteiger partial charge in [0.1, 0.15) is 11.6 Å². The standard InChI is InChI=1S/C28H38N4O.2C2H6/c1-8-17-32(18-9-2)24-11-12-27(28(19-24)33-7)31-23(6)30-16-13-21(4)25(10-3)26-14-15-29-20-22(26)5;2*1-2/h10-16,19-20H,4,8-9,17-18H2,1-3,5-7H3,(H,30,31);2*1-2H3/b16-13-,25-10-;;. The van der Waals surface area contributed by atoms with E-state index in [0.717, 1.165) is 65.5 Å². The van der Waals surface area contributed by atoms with Gasteiger partial charge in [-0.05, 0) is 80.2 Å². The van der Waals surface area contributed by atoms with Crippen LogP contribution >= 0.6 is 0 Å². The number of allylic oxidation sites excluding steroid dienone is 4. The van der Waals surface area contributed by atoms with Gasteiger partial charge in [-0.3, -0.25) is 4.98 Å². The van der Waals surface area contributed by atoms with Crippen molar-refractivity contribution in [2.45, 2.75) is 75.2 Å². The van der Waals surface area contributed by atoms with Crippen LogP contribution in [0.15, 0.2) is 72.2 Å². The molecule has 2 aromatic rings. The van der Waals surface area contributed by atoms with Crippen molar-refractivity contribution < 1.29 is 4.74 Å². The molecule has 0 spiro atoms. The fraction of sp³-hybridized carbons (Fsp3) is 0.438. The number of benzene rings is 1. The van der Waals surface area contributed by atoms with Crippen molar-refractivity contribution in [1.82, 2.24) is 4.98 Å². The second-order valence-electron chi connectivity index (χ2n) is 7.95. The summed E-state index contributed by atoms with van der Waals surface area (Å²) in [4.78, 5) is 11.1. The highest BCUT2D eigenvalue weighted by atomic mass is 16.5. The number of aromatic nitrogens is 1. The highest BCUT2D eigenvalue weighted by Gasteiger charge is 2.10. The Bertz CT molecular complexity index is 1020. The van der Waals surface area contributed by atoms with Crippen molar-refractivity contribution in [1.29, 1.82) is 0 Å². The van der Waals surface area contributed by atoms with E-state index in [9.17, 15) is 0 Å². The van der Waals surface area contributed by atoms with E-state index in [1.165, 1.54) is 5.69 Å². The molecule has 1 aromatic heterocycles. The number of nitrogens with one attached hydrogen (secondary N) is 1. The van der Waals surface area contributed by atoms with Crippen LogP contribution < -0.4 is 15.0 Å². The van der Waals surface area contributed by atoms with Gasteiger partial charge < -0.3 is 15.0 Å². The molecule has 1 N–H and O–H groups in total. The fourth-order valence-corrected chi connectivity index (χ4v) is 3.74. The zero-order valence-electron chi connectivity index (χ0n) is 25.0. The van der Waals surface area contributed by atoms with Crippen LogP contribution in [-0.2, 0) is 0 Å². The lowest BCUT2D eigenvalue weighted by molar-refractivity contribution is 0.417. The highest BCUT2D eigenvalue weighted by Crippen LogP contribution is 2.30. The molecule has 0 saturated carbocycles. The Morgan fingerprint density at radius 3 is 2.30 bits per heavy atom. The molecule has 0 aliphatic carbocycles. The predicted octanol–water partition coefficient (Wildman–Crippen LogP) is 9.08. The number of pyridine rings is 1. The molecule has 0 saturated heterocycles. The van der Waals surface area contributed by atoms with E-state index in [0.29, 0.717) is 0 Å². The van der Waals surface area contributed by atoms with Crippen LogP contribution in [0.2, 0.25) is 0 Å². The van der Waals surface area contributed by atoms with Crippen molar-refractivity contribution in [2.24, 2.45) is 4.99 Å². The average molecular weight is 507 g/mol. The summed E-state index contributed by atoms with van der Waals surface area (Å²) >= 11 is 0. The molecule has 204 valence electrons. The first-order valence-corrected chi connectivity index (χ1v) is 13.6. The zero-order chi connectivity index (χ0) is 28.2. The minimum Gasteiger partial charge on any atom is -0.494 e. The third-order valence-electron chi connectivity index (χ3n) is 5.34. The highest BCUT2D eigenvalue weighted by molar-refractivity contribution is 5.95. The first-order chi connectivity index (χ1) is 17.9. The number of aryl methyl sites for hydroxylation is 1. The van der Waals surface area contributed by atoms with E-state index < -0.39 is 0 Å². The van der Waals surface area contributed by atoms with Gasteiger partial charge in [0.2, 0.25) is 0 Å². The largest absolute Gasteiger partial charge is 0.494 e. The smallest absolute Gasteiger partial charge is 0.144 e. The third kappa shape index (κ3) is 11.1. The van der Waals surface area contributed by atoms with Crippen LogP contribution in [0.1, 0.15) is 79.4 Å². The maximum atomic E-state index is 5.65. The molecule has 0 aliphatic rings. The van der Waals surface area contributed by atoms with E-state index in [1.54, 1.807) is 19.5 Å². The Hall–Kier alpha value is -3.34. The van der Waals surface area contributed by atoms with Gasteiger partial charge in [0.15, 0.2) is 0 Å². The molecule has 1 heterocycles. The summed E-state index contributed by atoms with van der Waals surface area (Å²) in [5, 5.41) is 3.35.